The summed E-state index contributed by atoms with van der Waals surface area (Å²) in [5.74, 6) is 0.765. The summed E-state index contributed by atoms with van der Waals surface area (Å²) in [4.78, 5) is 4.41. The third kappa shape index (κ3) is 3.85. The summed E-state index contributed by atoms with van der Waals surface area (Å²) in [7, 11) is 18.7. The third-order valence-corrected chi connectivity index (χ3v) is 4.62. The molecule has 2 nitrogen and oxygen atoms in total. The highest BCUT2D eigenvalue weighted by Crippen LogP contribution is 2.37. The summed E-state index contributed by atoms with van der Waals surface area (Å²) < 4.78 is 6.59. The first kappa shape index (κ1) is 17.9. The second-order valence-electron chi connectivity index (χ2n) is 5.76. The lowest BCUT2D eigenvalue weighted by atomic mass is 9.40. The average molecular weight is 384 g/mol. The quantitative estimate of drug-likeness (QED) is 0.639. The Labute approximate surface area is 160 Å². The summed E-state index contributed by atoms with van der Waals surface area (Å²) in [5.41, 5.74) is 4.34. The zero-order valence-electron chi connectivity index (χ0n) is 13.7. The van der Waals surface area contributed by atoms with Gasteiger partial charge in [0.05, 0.1) is 36.3 Å². The summed E-state index contributed by atoms with van der Waals surface area (Å²) in [6.45, 7) is 0. The van der Waals surface area contributed by atoms with Crippen LogP contribution in [-0.2, 0) is 5.11 Å². The van der Waals surface area contributed by atoms with Crippen LogP contribution in [-0.4, -0.2) is 35.6 Å². The van der Waals surface area contributed by atoms with Gasteiger partial charge >= 0.3 is 0 Å². The van der Waals surface area contributed by atoms with Gasteiger partial charge in [-0.3, -0.25) is 4.98 Å². The minimum absolute atomic E-state index is 0.563. The van der Waals surface area contributed by atoms with Gasteiger partial charge in [0.15, 0.2) is 0 Å². The molecule has 0 atom stereocenters. The smallest absolute Gasteiger partial charge is 0.127 e. The zero-order chi connectivity index (χ0) is 18.0. The van der Waals surface area contributed by atoms with E-state index < -0.39 is 5.11 Å². The van der Waals surface area contributed by atoms with Crippen molar-refractivity contribution >= 4 is 39.5 Å². The molecular weight excluding hydrogens is 371 g/mol. The van der Waals surface area contributed by atoms with E-state index in [2.05, 4.69) is 20.9 Å². The molecule has 6 heteroatoms. The summed E-state index contributed by atoms with van der Waals surface area (Å²) in [5, 5.41) is -1.40. The van der Waals surface area contributed by atoms with Crippen molar-refractivity contribution in [1.29, 1.82) is 0 Å². The Kier molecular flexibility index (Phi) is 5.10. The fourth-order valence-corrected chi connectivity index (χ4v) is 3.07. The molecule has 1 aromatic heterocycles. The van der Waals surface area contributed by atoms with Crippen LogP contribution in [0.2, 0.25) is 0 Å². The van der Waals surface area contributed by atoms with Crippen LogP contribution in [0.25, 0.3) is 22.4 Å². The van der Waals surface area contributed by atoms with Crippen molar-refractivity contribution in [2.24, 2.45) is 0 Å². The Morgan fingerprint density at radius 1 is 0.960 bits per heavy atom. The largest absolute Gasteiger partial charge is 0.496 e. The molecule has 6 radical (unpaired) electrons. The van der Waals surface area contributed by atoms with Crippen molar-refractivity contribution in [3.63, 3.8) is 0 Å². The van der Waals surface area contributed by atoms with Crippen molar-refractivity contribution in [2.75, 3.05) is 7.11 Å². The second-order valence-corrected chi connectivity index (χ2v) is 6.61. The number of halogens is 1. The molecule has 1 heterocycles. The van der Waals surface area contributed by atoms with Crippen LogP contribution in [0.15, 0.2) is 65.3 Å². The summed E-state index contributed by atoms with van der Waals surface area (Å²) in [6.07, 6.45) is 1.59. The fraction of sp³-hybridized carbons (Fsp3) is 0.105. The Hall–Kier alpha value is -1.94. The van der Waals surface area contributed by atoms with Gasteiger partial charge in [-0.25, -0.2) is 0 Å². The third-order valence-electron chi connectivity index (χ3n) is 3.92. The number of benzene rings is 2. The van der Waals surface area contributed by atoms with Crippen LogP contribution in [0.3, 0.4) is 0 Å². The minimum atomic E-state index is -1.40. The first-order chi connectivity index (χ1) is 11.9. The number of ether oxygens (including phenoxy) is 1. The van der Waals surface area contributed by atoms with Gasteiger partial charge in [0.2, 0.25) is 0 Å². The molecule has 0 amide bonds. The lowest BCUT2D eigenvalue weighted by Crippen LogP contribution is -2.26. The first-order valence-corrected chi connectivity index (χ1v) is 8.46. The number of hydrogen-bond acceptors (Lipinski definition) is 2. The molecule has 0 aliphatic carbocycles. The van der Waals surface area contributed by atoms with Gasteiger partial charge in [0, 0.05) is 21.8 Å². The van der Waals surface area contributed by atoms with Crippen LogP contribution in [0.1, 0.15) is 5.56 Å². The van der Waals surface area contributed by atoms with E-state index in [1.54, 1.807) is 19.4 Å². The number of methoxy groups -OCH3 is 1. The maximum atomic E-state index is 5.68. The number of hydrogen-bond donors (Lipinski definition) is 0. The predicted octanol–water partition coefficient (Wildman–Crippen LogP) is 3.80. The monoisotopic (exact) mass is 383 g/mol. The number of pyridine rings is 1. The van der Waals surface area contributed by atoms with Gasteiger partial charge in [-0.1, -0.05) is 46.3 Å². The SMILES string of the molecule is [B]C([B])([B])c1ccc(-c2ccc(-c3ccccc3Br)c(OC)c2)nc1. The Morgan fingerprint density at radius 3 is 2.32 bits per heavy atom. The average Bonchev–Trinajstić information content (AvgIpc) is 2.61. The molecule has 0 saturated heterocycles. The molecule has 0 N–H and O–H groups in total. The van der Waals surface area contributed by atoms with Gasteiger partial charge in [-0.05, 0) is 35.4 Å². The van der Waals surface area contributed by atoms with Crippen molar-refractivity contribution in [1.82, 2.24) is 4.98 Å². The first-order valence-electron chi connectivity index (χ1n) is 7.66. The standard InChI is InChI=1S/C19H13B3BrNO/c1-25-18-10-12(17-9-7-13(11-24-17)19(20,21)22)6-8-15(18)14-4-2-3-5-16(14)23/h2-11H,1H3. The van der Waals surface area contributed by atoms with E-state index in [1.165, 1.54) is 0 Å². The second kappa shape index (κ2) is 7.13. The predicted molar refractivity (Wildman–Crippen MR) is 108 cm³/mol. The van der Waals surface area contributed by atoms with E-state index in [0.29, 0.717) is 5.56 Å². The highest BCUT2D eigenvalue weighted by atomic mass is 79.9. The lowest BCUT2D eigenvalue weighted by Gasteiger charge is -2.20. The van der Waals surface area contributed by atoms with Crippen LogP contribution < -0.4 is 4.74 Å². The van der Waals surface area contributed by atoms with Crippen molar-refractivity contribution in [3.05, 3.63) is 70.8 Å². The van der Waals surface area contributed by atoms with E-state index in [0.717, 1.165) is 32.6 Å². The van der Waals surface area contributed by atoms with Gasteiger partial charge in [0.1, 0.15) is 5.75 Å². The molecule has 25 heavy (non-hydrogen) atoms. The molecule has 3 rings (SSSR count). The number of rotatable bonds is 4. The highest BCUT2D eigenvalue weighted by molar-refractivity contribution is 9.10. The van der Waals surface area contributed by atoms with Crippen LogP contribution in [0, 0.1) is 0 Å². The Morgan fingerprint density at radius 2 is 1.72 bits per heavy atom. The molecular formula is C19H13B3BrNO. The van der Waals surface area contributed by atoms with E-state index in [1.807, 2.05) is 48.5 Å². The van der Waals surface area contributed by atoms with E-state index in [4.69, 9.17) is 28.3 Å². The normalized spacial score (nSPS) is 11.3. The summed E-state index contributed by atoms with van der Waals surface area (Å²) in [6, 6.07) is 17.6. The molecule has 0 bridgehead atoms. The zero-order valence-corrected chi connectivity index (χ0v) is 15.3. The van der Waals surface area contributed by atoms with Gasteiger partial charge in [0.25, 0.3) is 0 Å². The van der Waals surface area contributed by atoms with Crippen LogP contribution >= 0.6 is 15.9 Å². The van der Waals surface area contributed by atoms with Crippen LogP contribution in [0.4, 0.5) is 0 Å². The topological polar surface area (TPSA) is 22.1 Å². The van der Waals surface area contributed by atoms with Gasteiger partial charge < -0.3 is 4.74 Å². The van der Waals surface area contributed by atoms with Crippen molar-refractivity contribution < 1.29 is 4.74 Å². The van der Waals surface area contributed by atoms with Crippen LogP contribution in [0.5, 0.6) is 5.75 Å². The van der Waals surface area contributed by atoms with E-state index in [9.17, 15) is 0 Å². The molecule has 2 aromatic carbocycles. The summed E-state index contributed by atoms with van der Waals surface area (Å²) >= 11 is 3.58. The molecule has 0 saturated carbocycles. The molecule has 0 spiro atoms. The minimum Gasteiger partial charge on any atom is -0.496 e. The maximum absolute atomic E-state index is 5.68. The molecule has 0 aliphatic heterocycles. The Bertz CT molecular complexity index is 892. The molecule has 3 aromatic rings. The molecule has 0 fully saturated rings. The van der Waals surface area contributed by atoms with Crippen molar-refractivity contribution in [2.45, 2.75) is 5.11 Å². The van der Waals surface area contributed by atoms with Gasteiger partial charge in [-0.15, -0.1) is 5.11 Å². The van der Waals surface area contributed by atoms with E-state index >= 15 is 0 Å². The fourth-order valence-electron chi connectivity index (χ4n) is 2.57. The van der Waals surface area contributed by atoms with Crippen molar-refractivity contribution in [3.8, 4) is 28.1 Å². The molecule has 116 valence electrons. The molecule has 0 unspecified atom stereocenters. The van der Waals surface area contributed by atoms with E-state index in [-0.39, 0.29) is 0 Å². The lowest BCUT2D eigenvalue weighted by molar-refractivity contribution is 0.416. The highest BCUT2D eigenvalue weighted by Gasteiger charge is 2.14. The Balaban J connectivity index is 2.01. The maximum Gasteiger partial charge on any atom is 0.127 e. The number of nitrogens with zero attached hydrogens (tertiary/aromatic N) is 1. The molecule has 0 aliphatic rings. The van der Waals surface area contributed by atoms with Gasteiger partial charge in [-0.2, -0.15) is 0 Å². The number of aromatic nitrogens is 1.